The molecule has 0 saturated carbocycles. The second kappa shape index (κ2) is 10.3. The van der Waals surface area contributed by atoms with Crippen molar-refractivity contribution in [2.45, 2.75) is 6.54 Å². The van der Waals surface area contributed by atoms with Gasteiger partial charge in [0.05, 0.1) is 24.1 Å². The summed E-state index contributed by atoms with van der Waals surface area (Å²) < 4.78 is 37.0. The fraction of sp³-hybridized carbons (Fsp3) is 0.0800. The molecule has 4 rings (SSSR count). The predicted molar refractivity (Wildman–Crippen MR) is 127 cm³/mol. The van der Waals surface area contributed by atoms with Gasteiger partial charge in [-0.25, -0.2) is 13.6 Å². The van der Waals surface area contributed by atoms with E-state index in [1.807, 2.05) is 0 Å². The van der Waals surface area contributed by atoms with E-state index in [4.69, 9.17) is 21.1 Å². The molecule has 0 radical (unpaired) electrons. The average Bonchev–Trinajstić information content (AvgIpc) is 3.09. The minimum atomic E-state index is -0.698. The van der Waals surface area contributed by atoms with E-state index in [9.17, 15) is 23.2 Å². The summed E-state index contributed by atoms with van der Waals surface area (Å²) in [6, 6.07) is 13.2. The maximum absolute atomic E-state index is 13.3. The van der Waals surface area contributed by atoms with Crippen LogP contribution in [0.2, 0.25) is 5.02 Å². The molecule has 1 heterocycles. The molecule has 2 amide bonds. The van der Waals surface area contributed by atoms with Crippen molar-refractivity contribution in [2.75, 3.05) is 7.11 Å². The van der Waals surface area contributed by atoms with Crippen LogP contribution in [0.5, 0.6) is 11.5 Å². The highest BCUT2D eigenvalue weighted by Gasteiger charge is 2.35. The lowest BCUT2D eigenvalue weighted by atomic mass is 10.1. The molecule has 6 nitrogen and oxygen atoms in total. The number of hydrogen-bond acceptors (Lipinski definition) is 6. The van der Waals surface area contributed by atoms with Crippen LogP contribution in [0.25, 0.3) is 6.08 Å². The normalized spacial score (nSPS) is 14.5. The van der Waals surface area contributed by atoms with Gasteiger partial charge in [-0.05, 0) is 77.5 Å². The minimum absolute atomic E-state index is 0.0945. The third-order valence-electron chi connectivity index (χ3n) is 4.99. The summed E-state index contributed by atoms with van der Waals surface area (Å²) in [7, 11) is 1.38. The molecule has 1 aliphatic rings. The number of imide groups is 1. The third-order valence-corrected chi connectivity index (χ3v) is 6.24. The zero-order valence-electron chi connectivity index (χ0n) is 18.1. The van der Waals surface area contributed by atoms with Crippen molar-refractivity contribution in [2.24, 2.45) is 0 Å². The molecule has 3 aromatic carbocycles. The van der Waals surface area contributed by atoms with Gasteiger partial charge >= 0.3 is 5.97 Å². The first-order valence-electron chi connectivity index (χ1n) is 10.1. The zero-order chi connectivity index (χ0) is 25.1. The smallest absolute Gasteiger partial charge is 0.343 e. The van der Waals surface area contributed by atoms with E-state index in [2.05, 4.69) is 0 Å². The van der Waals surface area contributed by atoms with Gasteiger partial charge in [-0.3, -0.25) is 14.5 Å². The van der Waals surface area contributed by atoms with Crippen LogP contribution in [0.15, 0.2) is 65.6 Å². The van der Waals surface area contributed by atoms with Gasteiger partial charge in [0.1, 0.15) is 11.6 Å². The van der Waals surface area contributed by atoms with Crippen LogP contribution in [-0.2, 0) is 11.3 Å². The fourth-order valence-corrected chi connectivity index (χ4v) is 4.28. The second-order valence-corrected chi connectivity index (χ2v) is 8.71. The fourth-order valence-electron chi connectivity index (χ4n) is 3.21. The summed E-state index contributed by atoms with van der Waals surface area (Å²) in [5, 5.41) is -0.373. The van der Waals surface area contributed by atoms with Crippen molar-refractivity contribution in [1.82, 2.24) is 4.90 Å². The van der Waals surface area contributed by atoms with Crippen molar-refractivity contribution in [1.29, 1.82) is 0 Å². The Morgan fingerprint density at radius 1 is 1.00 bits per heavy atom. The lowest BCUT2D eigenvalue weighted by molar-refractivity contribution is -0.123. The molecule has 1 aliphatic heterocycles. The SMILES string of the molecule is COc1cc(/C=C2\SC(=O)N(Cc3ccc(F)cc3Cl)C2=O)ccc1OC(=O)c1ccc(F)cc1. The molecule has 0 N–H and O–H groups in total. The Morgan fingerprint density at radius 3 is 2.40 bits per heavy atom. The molecule has 35 heavy (non-hydrogen) atoms. The van der Waals surface area contributed by atoms with Gasteiger partial charge in [0, 0.05) is 5.02 Å². The van der Waals surface area contributed by atoms with Crippen molar-refractivity contribution in [3.8, 4) is 11.5 Å². The molecule has 0 aliphatic carbocycles. The van der Waals surface area contributed by atoms with Gasteiger partial charge in [-0.15, -0.1) is 0 Å². The predicted octanol–water partition coefficient (Wildman–Crippen LogP) is 6.08. The summed E-state index contributed by atoms with van der Waals surface area (Å²) in [5.41, 5.74) is 1.12. The van der Waals surface area contributed by atoms with Gasteiger partial charge < -0.3 is 9.47 Å². The Labute approximate surface area is 208 Å². The molecule has 0 bridgehead atoms. The van der Waals surface area contributed by atoms with E-state index in [0.717, 1.165) is 34.9 Å². The number of carbonyl (C=O) groups excluding carboxylic acids is 3. The zero-order valence-corrected chi connectivity index (χ0v) is 19.7. The first-order valence-corrected chi connectivity index (χ1v) is 11.3. The van der Waals surface area contributed by atoms with Crippen molar-refractivity contribution in [3.05, 3.63) is 98.9 Å². The highest BCUT2D eigenvalue weighted by Crippen LogP contribution is 2.36. The number of nitrogens with zero attached hydrogens (tertiary/aromatic N) is 1. The van der Waals surface area contributed by atoms with Crippen LogP contribution >= 0.6 is 23.4 Å². The molecule has 10 heteroatoms. The van der Waals surface area contributed by atoms with Gasteiger partial charge in [0.2, 0.25) is 0 Å². The third kappa shape index (κ3) is 5.52. The second-order valence-electron chi connectivity index (χ2n) is 7.31. The summed E-state index contributed by atoms with van der Waals surface area (Å²) >= 11 is 6.78. The quantitative estimate of drug-likeness (QED) is 0.225. The molecule has 0 aromatic heterocycles. The van der Waals surface area contributed by atoms with Crippen LogP contribution in [0.3, 0.4) is 0 Å². The largest absolute Gasteiger partial charge is 0.493 e. The monoisotopic (exact) mass is 515 g/mol. The number of hydrogen-bond donors (Lipinski definition) is 0. The number of thioether (sulfide) groups is 1. The van der Waals surface area contributed by atoms with Gasteiger partial charge in [0.15, 0.2) is 11.5 Å². The van der Waals surface area contributed by atoms with E-state index in [1.54, 1.807) is 6.07 Å². The Balaban J connectivity index is 1.52. The van der Waals surface area contributed by atoms with Gasteiger partial charge in [0.25, 0.3) is 11.1 Å². The molecular weight excluding hydrogens is 500 g/mol. The van der Waals surface area contributed by atoms with E-state index < -0.39 is 28.8 Å². The lowest BCUT2D eigenvalue weighted by Gasteiger charge is -2.13. The first kappa shape index (κ1) is 24.4. The minimum Gasteiger partial charge on any atom is -0.493 e. The Bertz CT molecular complexity index is 1360. The van der Waals surface area contributed by atoms with Crippen LogP contribution in [0.1, 0.15) is 21.5 Å². The summed E-state index contributed by atoms with van der Waals surface area (Å²) in [4.78, 5) is 38.8. The van der Waals surface area contributed by atoms with Crippen LogP contribution < -0.4 is 9.47 Å². The number of ether oxygens (including phenoxy) is 2. The maximum Gasteiger partial charge on any atom is 0.343 e. The number of carbonyl (C=O) groups is 3. The Kier molecular flexibility index (Phi) is 7.18. The molecular formula is C25H16ClF2NO5S. The maximum atomic E-state index is 13.3. The molecule has 0 spiro atoms. The average molecular weight is 516 g/mol. The number of esters is 1. The van der Waals surface area contributed by atoms with E-state index in [-0.39, 0.29) is 33.5 Å². The topological polar surface area (TPSA) is 72.9 Å². The Hall–Kier alpha value is -3.69. The van der Waals surface area contributed by atoms with Crippen LogP contribution in [0, 0.1) is 11.6 Å². The number of methoxy groups -OCH3 is 1. The van der Waals surface area contributed by atoms with Crippen LogP contribution in [-0.4, -0.2) is 29.1 Å². The van der Waals surface area contributed by atoms with Crippen molar-refractivity contribution < 1.29 is 32.6 Å². The summed E-state index contributed by atoms with van der Waals surface area (Å²) in [6.45, 7) is -0.0945. The molecule has 1 saturated heterocycles. The molecule has 178 valence electrons. The summed E-state index contributed by atoms with van der Waals surface area (Å²) in [6.07, 6.45) is 1.51. The number of rotatable bonds is 6. The van der Waals surface area contributed by atoms with Crippen molar-refractivity contribution in [3.63, 3.8) is 0 Å². The standard InChI is InChI=1S/C25H16ClF2NO5S/c1-33-21-10-14(2-9-20(21)34-24(31)15-3-6-17(27)7-4-15)11-22-23(30)29(25(32)35-22)13-16-5-8-18(28)12-19(16)26/h2-12H,13H2,1H3/b22-11-. The molecule has 0 atom stereocenters. The number of amides is 2. The molecule has 0 unspecified atom stereocenters. The molecule has 3 aromatic rings. The Morgan fingerprint density at radius 2 is 1.71 bits per heavy atom. The van der Waals surface area contributed by atoms with Crippen molar-refractivity contribution >= 4 is 46.6 Å². The number of halogens is 3. The lowest BCUT2D eigenvalue weighted by Crippen LogP contribution is -2.27. The summed E-state index contributed by atoms with van der Waals surface area (Å²) in [5.74, 6) is -1.88. The highest BCUT2D eigenvalue weighted by molar-refractivity contribution is 8.18. The highest BCUT2D eigenvalue weighted by atomic mass is 35.5. The van der Waals surface area contributed by atoms with Gasteiger partial charge in [-0.2, -0.15) is 0 Å². The van der Waals surface area contributed by atoms with Crippen LogP contribution in [0.4, 0.5) is 13.6 Å². The number of benzene rings is 3. The molecule has 1 fully saturated rings. The first-order chi connectivity index (χ1) is 16.7. The van der Waals surface area contributed by atoms with Gasteiger partial charge in [-0.1, -0.05) is 23.7 Å². The van der Waals surface area contributed by atoms with E-state index >= 15 is 0 Å². The van der Waals surface area contributed by atoms with E-state index in [0.29, 0.717) is 11.1 Å². The van der Waals surface area contributed by atoms with E-state index in [1.165, 1.54) is 49.6 Å².